The lowest BCUT2D eigenvalue weighted by Gasteiger charge is -2.18. The highest BCUT2D eigenvalue weighted by Gasteiger charge is 2.19. The van der Waals surface area contributed by atoms with Gasteiger partial charge < -0.3 is 14.2 Å². The largest absolute Gasteiger partial charge is 0.462 e. The van der Waals surface area contributed by atoms with E-state index in [2.05, 4.69) is 34.6 Å². The molecular weight excluding hydrogens is 877 g/mol. The molecule has 0 saturated carbocycles. The van der Waals surface area contributed by atoms with Crippen LogP contribution in [0.1, 0.15) is 369 Å². The Hall–Kier alpha value is -1.59. The second-order valence-corrected chi connectivity index (χ2v) is 22.9. The molecule has 2 unspecified atom stereocenters. The van der Waals surface area contributed by atoms with Crippen LogP contribution >= 0.6 is 0 Å². The standard InChI is InChI=1S/C65H126O6/c1-6-9-10-11-12-33-40-45-50-55-63(66)69-58-62(71-65(68)57-52-47-42-37-32-28-24-20-16-14-18-22-26-30-35-39-44-49-54-61(5)8-3)59-70-64(67)56-51-46-41-36-31-27-23-19-15-13-17-21-25-29-34-38-43-48-53-60(4)7-2/h60-62H,6-59H2,1-5H3/t60?,61?,62-/m1/s1. The van der Waals surface area contributed by atoms with E-state index in [4.69, 9.17) is 14.2 Å². The van der Waals surface area contributed by atoms with E-state index in [1.54, 1.807) is 0 Å². The number of esters is 3. The molecule has 6 nitrogen and oxygen atoms in total. The highest BCUT2D eigenvalue weighted by Crippen LogP contribution is 2.20. The summed E-state index contributed by atoms with van der Waals surface area (Å²) in [6.07, 6.45) is 63.9. The van der Waals surface area contributed by atoms with Crippen molar-refractivity contribution >= 4 is 17.9 Å². The molecule has 0 radical (unpaired) electrons. The van der Waals surface area contributed by atoms with E-state index in [0.717, 1.165) is 69.6 Å². The van der Waals surface area contributed by atoms with E-state index < -0.39 is 6.10 Å². The molecule has 0 amide bonds. The smallest absolute Gasteiger partial charge is 0.306 e. The van der Waals surface area contributed by atoms with Gasteiger partial charge in [-0.3, -0.25) is 14.4 Å². The van der Waals surface area contributed by atoms with Gasteiger partial charge in [0.1, 0.15) is 13.2 Å². The summed E-state index contributed by atoms with van der Waals surface area (Å²) in [5, 5.41) is 0. The normalized spacial score (nSPS) is 12.8. The molecule has 3 atom stereocenters. The molecular formula is C65H126O6. The van der Waals surface area contributed by atoms with Crippen molar-refractivity contribution in [2.24, 2.45) is 11.8 Å². The van der Waals surface area contributed by atoms with Crippen molar-refractivity contribution in [2.45, 2.75) is 375 Å². The first-order valence-electron chi connectivity index (χ1n) is 32.3. The molecule has 0 spiro atoms. The first-order valence-corrected chi connectivity index (χ1v) is 32.3. The Morgan fingerprint density at radius 1 is 0.282 bits per heavy atom. The number of carbonyl (C=O) groups is 3. The van der Waals surface area contributed by atoms with Gasteiger partial charge in [-0.05, 0) is 31.1 Å². The van der Waals surface area contributed by atoms with Crippen molar-refractivity contribution in [1.82, 2.24) is 0 Å². The third-order valence-corrected chi connectivity index (χ3v) is 15.7. The van der Waals surface area contributed by atoms with Crippen molar-refractivity contribution < 1.29 is 28.6 Å². The van der Waals surface area contributed by atoms with E-state index in [1.165, 1.54) is 257 Å². The van der Waals surface area contributed by atoms with Gasteiger partial charge in [0.15, 0.2) is 6.10 Å². The lowest BCUT2D eigenvalue weighted by molar-refractivity contribution is -0.167. The number of rotatable bonds is 59. The first-order chi connectivity index (χ1) is 34.8. The van der Waals surface area contributed by atoms with E-state index >= 15 is 0 Å². The predicted octanol–water partition coefficient (Wildman–Crippen LogP) is 21.6. The van der Waals surface area contributed by atoms with Gasteiger partial charge in [0.05, 0.1) is 0 Å². The summed E-state index contributed by atoms with van der Waals surface area (Å²) in [6, 6.07) is 0. The predicted molar refractivity (Wildman–Crippen MR) is 307 cm³/mol. The van der Waals surface area contributed by atoms with Gasteiger partial charge in [-0.15, -0.1) is 0 Å². The minimum atomic E-state index is -0.762. The lowest BCUT2D eigenvalue weighted by Crippen LogP contribution is -2.30. The van der Waals surface area contributed by atoms with Crippen molar-refractivity contribution in [2.75, 3.05) is 13.2 Å². The zero-order valence-corrected chi connectivity index (χ0v) is 48.9. The van der Waals surface area contributed by atoms with Crippen molar-refractivity contribution in [3.8, 4) is 0 Å². The molecule has 6 heteroatoms. The Bertz CT molecular complexity index is 1090. The monoisotopic (exact) mass is 1000 g/mol. The minimum absolute atomic E-state index is 0.0620. The van der Waals surface area contributed by atoms with Crippen molar-refractivity contribution in [1.29, 1.82) is 0 Å². The highest BCUT2D eigenvalue weighted by molar-refractivity contribution is 5.71. The molecule has 422 valence electrons. The summed E-state index contributed by atoms with van der Waals surface area (Å²) in [5.41, 5.74) is 0. The fourth-order valence-electron chi connectivity index (χ4n) is 10.0. The maximum Gasteiger partial charge on any atom is 0.306 e. The Morgan fingerprint density at radius 3 is 0.732 bits per heavy atom. The van der Waals surface area contributed by atoms with Crippen LogP contribution in [0.3, 0.4) is 0 Å². The van der Waals surface area contributed by atoms with Gasteiger partial charge >= 0.3 is 17.9 Å². The van der Waals surface area contributed by atoms with E-state index in [9.17, 15) is 14.4 Å². The van der Waals surface area contributed by atoms with Crippen LogP contribution in [0.2, 0.25) is 0 Å². The second-order valence-electron chi connectivity index (χ2n) is 22.9. The molecule has 0 aliphatic rings. The highest BCUT2D eigenvalue weighted by atomic mass is 16.6. The van der Waals surface area contributed by atoms with Crippen LogP contribution in [-0.2, 0) is 28.6 Å². The lowest BCUT2D eigenvalue weighted by atomic mass is 9.99. The number of hydrogen-bond donors (Lipinski definition) is 0. The van der Waals surface area contributed by atoms with Crippen molar-refractivity contribution in [3.63, 3.8) is 0 Å². The Kier molecular flexibility index (Phi) is 56.4. The van der Waals surface area contributed by atoms with Gasteiger partial charge in [0.2, 0.25) is 0 Å². The number of unbranched alkanes of at least 4 members (excludes halogenated alkanes) is 42. The summed E-state index contributed by atoms with van der Waals surface area (Å²) >= 11 is 0. The molecule has 0 N–H and O–H groups in total. The quantitative estimate of drug-likeness (QED) is 0.0343. The molecule has 0 saturated heterocycles. The first kappa shape index (κ1) is 69.4. The fourth-order valence-corrected chi connectivity index (χ4v) is 10.0. The third-order valence-electron chi connectivity index (χ3n) is 15.7. The molecule has 71 heavy (non-hydrogen) atoms. The van der Waals surface area contributed by atoms with Crippen LogP contribution in [0.15, 0.2) is 0 Å². The molecule has 0 bridgehead atoms. The van der Waals surface area contributed by atoms with Crippen LogP contribution in [0, 0.1) is 11.8 Å². The summed E-state index contributed by atoms with van der Waals surface area (Å²) in [5.74, 6) is 0.984. The summed E-state index contributed by atoms with van der Waals surface area (Å²) in [6.45, 7) is 11.5. The molecule has 0 aromatic carbocycles. The summed E-state index contributed by atoms with van der Waals surface area (Å²) < 4.78 is 16.9. The second kappa shape index (κ2) is 57.7. The molecule has 0 aliphatic carbocycles. The van der Waals surface area contributed by atoms with Gasteiger partial charge in [-0.1, -0.05) is 330 Å². The minimum Gasteiger partial charge on any atom is -0.462 e. The van der Waals surface area contributed by atoms with E-state index in [0.29, 0.717) is 19.3 Å². The van der Waals surface area contributed by atoms with Crippen LogP contribution in [-0.4, -0.2) is 37.2 Å². The van der Waals surface area contributed by atoms with Crippen molar-refractivity contribution in [3.05, 3.63) is 0 Å². The van der Waals surface area contributed by atoms with Crippen LogP contribution in [0.5, 0.6) is 0 Å². The van der Waals surface area contributed by atoms with Crippen LogP contribution in [0.25, 0.3) is 0 Å². The molecule has 0 rings (SSSR count). The van der Waals surface area contributed by atoms with Gasteiger partial charge in [-0.2, -0.15) is 0 Å². The Labute approximate surface area is 444 Å². The molecule has 0 aromatic heterocycles. The fraction of sp³-hybridized carbons (Fsp3) is 0.954. The van der Waals surface area contributed by atoms with Crippen LogP contribution in [0.4, 0.5) is 0 Å². The SMILES string of the molecule is CCCCCCCCCCCC(=O)OC[C@H](COC(=O)CCCCCCCCCCCCCCCCCCCCC(C)CC)OC(=O)CCCCCCCCCCCCCCCCCCCCC(C)CC. The topological polar surface area (TPSA) is 78.9 Å². The molecule has 0 fully saturated rings. The van der Waals surface area contributed by atoms with E-state index in [1.807, 2.05) is 0 Å². The zero-order valence-electron chi connectivity index (χ0n) is 48.9. The molecule has 0 aliphatic heterocycles. The number of hydrogen-bond acceptors (Lipinski definition) is 6. The average Bonchev–Trinajstić information content (AvgIpc) is 3.37. The third kappa shape index (κ3) is 56.0. The van der Waals surface area contributed by atoms with Crippen LogP contribution < -0.4 is 0 Å². The van der Waals surface area contributed by atoms with Gasteiger partial charge in [-0.25, -0.2) is 0 Å². The maximum atomic E-state index is 12.9. The van der Waals surface area contributed by atoms with E-state index in [-0.39, 0.29) is 31.1 Å². The summed E-state index contributed by atoms with van der Waals surface area (Å²) in [4.78, 5) is 38.2. The zero-order chi connectivity index (χ0) is 51.8. The van der Waals surface area contributed by atoms with Gasteiger partial charge in [0.25, 0.3) is 0 Å². The Balaban J connectivity index is 4.15. The number of ether oxygens (including phenoxy) is 3. The van der Waals surface area contributed by atoms with Gasteiger partial charge in [0, 0.05) is 19.3 Å². The maximum absolute atomic E-state index is 12.9. The Morgan fingerprint density at radius 2 is 0.493 bits per heavy atom. The average molecular weight is 1000 g/mol. The molecule has 0 heterocycles. The summed E-state index contributed by atoms with van der Waals surface area (Å²) in [7, 11) is 0. The number of carbonyl (C=O) groups excluding carboxylic acids is 3. The molecule has 0 aromatic rings.